The van der Waals surface area contributed by atoms with Gasteiger partial charge in [0.15, 0.2) is 0 Å². The Balaban J connectivity index is 2.24. The molecule has 0 spiro atoms. The van der Waals surface area contributed by atoms with Gasteiger partial charge in [0.25, 0.3) is 5.56 Å². The second kappa shape index (κ2) is 3.82. The van der Waals surface area contributed by atoms with Crippen LogP contribution < -0.4 is 11.3 Å². The number of nitrogens with two attached hydrogens (primary N) is 1. The number of rotatable bonds is 1. The molecule has 0 amide bonds. The first-order chi connectivity index (χ1) is 8.19. The average molecular weight is 251 g/mol. The minimum atomic E-state index is -0.138. The minimum Gasteiger partial charge on any atom is -0.381 e. The van der Waals surface area contributed by atoms with Crippen molar-refractivity contribution in [2.24, 2.45) is 0 Å². The van der Waals surface area contributed by atoms with Gasteiger partial charge in [-0.2, -0.15) is 0 Å². The maximum absolute atomic E-state index is 11.8. The highest BCUT2D eigenvalue weighted by atomic mass is 32.1. The third-order valence-corrected chi connectivity index (χ3v) is 4.48. The van der Waals surface area contributed by atoms with Crippen molar-refractivity contribution < 1.29 is 4.74 Å². The smallest absolute Gasteiger partial charge is 0.270 e. The second-order valence-corrected chi connectivity index (χ2v) is 5.34. The van der Waals surface area contributed by atoms with E-state index in [1.165, 1.54) is 16.2 Å². The molecule has 1 aliphatic carbocycles. The molecule has 1 atom stereocenters. The summed E-state index contributed by atoms with van der Waals surface area (Å²) < 4.78 is 6.07. The quantitative estimate of drug-likeness (QED) is 0.794. The lowest BCUT2D eigenvalue weighted by molar-refractivity contribution is 0.0919. The van der Waals surface area contributed by atoms with Gasteiger partial charge in [0.2, 0.25) is 5.95 Å². The first kappa shape index (κ1) is 10.7. The number of hydrogen-bond acceptors (Lipinski definition) is 5. The summed E-state index contributed by atoms with van der Waals surface area (Å²) in [5, 5.41) is 0. The van der Waals surface area contributed by atoms with Crippen LogP contribution in [-0.2, 0) is 17.6 Å². The summed E-state index contributed by atoms with van der Waals surface area (Å²) in [6.07, 6.45) is 3.00. The van der Waals surface area contributed by atoms with Gasteiger partial charge >= 0.3 is 0 Å². The van der Waals surface area contributed by atoms with E-state index in [-0.39, 0.29) is 17.6 Å². The van der Waals surface area contributed by atoms with Gasteiger partial charge in [0, 0.05) is 18.4 Å². The number of nitrogen functional groups attached to an aromatic ring is 1. The summed E-state index contributed by atoms with van der Waals surface area (Å²) in [5.41, 5.74) is 7.35. The number of thiophene rings is 1. The molecule has 0 bridgehead atoms. The Kier molecular flexibility index (Phi) is 2.41. The van der Waals surface area contributed by atoms with E-state index >= 15 is 0 Å². The molecule has 0 radical (unpaired) electrons. The number of ether oxygens (including phenoxy) is 1. The number of hydrogen-bond donors (Lipinski definition) is 2. The number of fused-ring (bicyclic) bond motifs is 3. The van der Waals surface area contributed by atoms with Gasteiger partial charge in [-0.25, -0.2) is 4.98 Å². The van der Waals surface area contributed by atoms with Gasteiger partial charge in [-0.15, -0.1) is 11.3 Å². The first-order valence-electron chi connectivity index (χ1n) is 5.52. The zero-order valence-electron chi connectivity index (χ0n) is 9.45. The molecule has 17 heavy (non-hydrogen) atoms. The standard InChI is InChI=1S/C11H13N3O2S/c1-16-5-2-3-7-6(4-5)8-9(17-7)10(15)14-11(12)13-8/h5H,2-4H2,1H3,(H3,12,13,14,15). The normalized spacial score (nSPS) is 19.5. The fourth-order valence-electron chi connectivity index (χ4n) is 2.33. The van der Waals surface area contributed by atoms with Gasteiger partial charge in [-0.1, -0.05) is 0 Å². The average Bonchev–Trinajstić information content (AvgIpc) is 2.67. The Morgan fingerprint density at radius 1 is 1.59 bits per heavy atom. The topological polar surface area (TPSA) is 81.0 Å². The summed E-state index contributed by atoms with van der Waals surface area (Å²) in [7, 11) is 1.72. The molecule has 3 rings (SSSR count). The van der Waals surface area contributed by atoms with E-state index in [0.717, 1.165) is 30.3 Å². The Bertz CT molecular complexity index is 631. The Morgan fingerprint density at radius 3 is 3.18 bits per heavy atom. The van der Waals surface area contributed by atoms with Crippen molar-refractivity contribution in [1.29, 1.82) is 0 Å². The Morgan fingerprint density at radius 2 is 2.41 bits per heavy atom. The molecule has 5 nitrogen and oxygen atoms in total. The van der Waals surface area contributed by atoms with Crippen molar-refractivity contribution in [3.8, 4) is 0 Å². The van der Waals surface area contributed by atoms with Crippen molar-refractivity contribution in [2.45, 2.75) is 25.4 Å². The fourth-order valence-corrected chi connectivity index (χ4v) is 3.51. The molecule has 1 unspecified atom stereocenters. The molecular weight excluding hydrogens is 238 g/mol. The number of anilines is 1. The van der Waals surface area contributed by atoms with Crippen molar-refractivity contribution >= 4 is 27.5 Å². The largest absolute Gasteiger partial charge is 0.381 e. The van der Waals surface area contributed by atoms with Crippen LogP contribution in [0.2, 0.25) is 0 Å². The predicted octanol–water partition coefficient (Wildman–Crippen LogP) is 1.07. The summed E-state index contributed by atoms with van der Waals surface area (Å²) in [5.74, 6) is 0.183. The molecule has 6 heteroatoms. The van der Waals surface area contributed by atoms with Crippen molar-refractivity contribution in [3.63, 3.8) is 0 Å². The molecule has 90 valence electrons. The van der Waals surface area contributed by atoms with E-state index in [9.17, 15) is 4.79 Å². The van der Waals surface area contributed by atoms with Gasteiger partial charge in [0.05, 0.1) is 11.6 Å². The lowest BCUT2D eigenvalue weighted by Gasteiger charge is -2.20. The minimum absolute atomic E-state index is 0.138. The number of nitrogens with zero attached hydrogens (tertiary/aromatic N) is 1. The molecular formula is C11H13N3O2S. The maximum atomic E-state index is 11.8. The van der Waals surface area contributed by atoms with Crippen molar-refractivity contribution in [1.82, 2.24) is 9.97 Å². The van der Waals surface area contributed by atoms with Crippen molar-refractivity contribution in [3.05, 3.63) is 20.8 Å². The monoisotopic (exact) mass is 251 g/mol. The lowest BCUT2D eigenvalue weighted by atomic mass is 9.95. The second-order valence-electron chi connectivity index (χ2n) is 4.23. The lowest BCUT2D eigenvalue weighted by Crippen LogP contribution is -2.20. The number of methoxy groups -OCH3 is 1. The molecule has 2 aromatic heterocycles. The zero-order chi connectivity index (χ0) is 12.0. The Labute approximate surface area is 102 Å². The van der Waals surface area contributed by atoms with Crippen molar-refractivity contribution in [2.75, 3.05) is 12.8 Å². The summed E-state index contributed by atoms with van der Waals surface area (Å²) in [6, 6.07) is 0. The number of aromatic amines is 1. The first-order valence-corrected chi connectivity index (χ1v) is 6.33. The van der Waals surface area contributed by atoms with E-state index in [0.29, 0.717) is 4.70 Å². The van der Waals surface area contributed by atoms with Crippen LogP contribution in [0.3, 0.4) is 0 Å². The zero-order valence-corrected chi connectivity index (χ0v) is 10.3. The van der Waals surface area contributed by atoms with Gasteiger partial charge in [-0.3, -0.25) is 9.78 Å². The summed E-state index contributed by atoms with van der Waals surface area (Å²) in [4.78, 5) is 19.8. The molecule has 0 aromatic carbocycles. The SMILES string of the molecule is COC1CCc2sc3c(=O)[nH]c(N)nc3c2C1. The molecule has 0 saturated heterocycles. The highest BCUT2D eigenvalue weighted by Gasteiger charge is 2.24. The number of aryl methyl sites for hydroxylation is 1. The Hall–Kier alpha value is -1.40. The third-order valence-electron chi connectivity index (χ3n) is 3.20. The van der Waals surface area contributed by atoms with Crippen LogP contribution in [0.25, 0.3) is 10.2 Å². The van der Waals surface area contributed by atoms with Crippen LogP contribution in [0.5, 0.6) is 0 Å². The highest BCUT2D eigenvalue weighted by Crippen LogP contribution is 2.34. The van der Waals surface area contributed by atoms with Crippen LogP contribution in [0, 0.1) is 0 Å². The van der Waals surface area contributed by atoms with Crippen LogP contribution in [-0.4, -0.2) is 23.2 Å². The molecule has 0 saturated carbocycles. The van der Waals surface area contributed by atoms with Crippen LogP contribution >= 0.6 is 11.3 Å². The molecule has 2 aromatic rings. The third kappa shape index (κ3) is 1.64. The molecule has 3 N–H and O–H groups in total. The fraction of sp³-hybridized carbons (Fsp3) is 0.455. The van der Waals surface area contributed by atoms with E-state index in [2.05, 4.69) is 9.97 Å². The van der Waals surface area contributed by atoms with Gasteiger partial charge < -0.3 is 10.5 Å². The van der Waals surface area contributed by atoms with Crippen LogP contribution in [0.15, 0.2) is 4.79 Å². The van der Waals surface area contributed by atoms with E-state index < -0.39 is 0 Å². The van der Waals surface area contributed by atoms with E-state index in [1.54, 1.807) is 7.11 Å². The van der Waals surface area contributed by atoms with E-state index in [4.69, 9.17) is 10.5 Å². The van der Waals surface area contributed by atoms with Crippen LogP contribution in [0.1, 0.15) is 16.9 Å². The number of nitrogens with one attached hydrogen (secondary N) is 1. The van der Waals surface area contributed by atoms with Gasteiger partial charge in [-0.05, 0) is 18.4 Å². The highest BCUT2D eigenvalue weighted by molar-refractivity contribution is 7.19. The molecule has 0 aliphatic heterocycles. The van der Waals surface area contributed by atoms with E-state index in [1.807, 2.05) is 0 Å². The summed E-state index contributed by atoms with van der Waals surface area (Å²) >= 11 is 1.53. The predicted molar refractivity (Wildman–Crippen MR) is 67.5 cm³/mol. The molecule has 2 heterocycles. The maximum Gasteiger partial charge on any atom is 0.270 e. The van der Waals surface area contributed by atoms with Gasteiger partial charge in [0.1, 0.15) is 4.70 Å². The molecule has 1 aliphatic rings. The molecule has 0 fully saturated rings. The van der Waals surface area contributed by atoms with Crippen LogP contribution in [0.4, 0.5) is 5.95 Å². The number of aromatic nitrogens is 2. The number of H-pyrrole nitrogens is 1. The summed E-state index contributed by atoms with van der Waals surface area (Å²) in [6.45, 7) is 0.